The number of rotatable bonds is 4. The summed E-state index contributed by atoms with van der Waals surface area (Å²) < 4.78 is 12.2. The minimum atomic E-state index is -0.235. The predicted octanol–water partition coefficient (Wildman–Crippen LogP) is 3.19. The van der Waals surface area contributed by atoms with Gasteiger partial charge in [-0.05, 0) is 38.8 Å². The number of ether oxygens (including phenoxy) is 2. The molecular formula is C13H18BrNO2. The number of halogens is 1. The molecule has 2 rings (SSSR count). The van der Waals surface area contributed by atoms with Crippen LogP contribution in [-0.4, -0.2) is 13.2 Å². The molecule has 17 heavy (non-hydrogen) atoms. The van der Waals surface area contributed by atoms with Crippen LogP contribution in [-0.2, 0) is 5.54 Å². The molecule has 0 heterocycles. The first-order chi connectivity index (χ1) is 7.96. The zero-order valence-corrected chi connectivity index (χ0v) is 12.0. The summed E-state index contributed by atoms with van der Waals surface area (Å²) >= 11 is 3.48. The third-order valence-electron chi connectivity index (χ3n) is 2.92. The van der Waals surface area contributed by atoms with E-state index in [0.29, 0.717) is 0 Å². The van der Waals surface area contributed by atoms with Crippen LogP contribution in [0.25, 0.3) is 0 Å². The average molecular weight is 300 g/mol. The molecule has 0 spiro atoms. The van der Waals surface area contributed by atoms with E-state index in [-0.39, 0.29) is 11.6 Å². The van der Waals surface area contributed by atoms with Crippen LogP contribution >= 0.6 is 15.9 Å². The van der Waals surface area contributed by atoms with Crippen molar-refractivity contribution in [1.82, 2.24) is 0 Å². The third kappa shape index (κ3) is 2.58. The highest BCUT2D eigenvalue weighted by Crippen LogP contribution is 2.50. The second kappa shape index (κ2) is 4.50. The van der Waals surface area contributed by atoms with Crippen molar-refractivity contribution < 1.29 is 9.47 Å². The van der Waals surface area contributed by atoms with Crippen molar-refractivity contribution >= 4 is 15.9 Å². The van der Waals surface area contributed by atoms with E-state index in [1.165, 1.54) is 0 Å². The number of nitrogens with two attached hydrogens (primary N) is 1. The molecule has 1 saturated carbocycles. The van der Waals surface area contributed by atoms with Gasteiger partial charge in [0.25, 0.3) is 0 Å². The van der Waals surface area contributed by atoms with E-state index in [1.807, 2.05) is 26.0 Å². The van der Waals surface area contributed by atoms with Crippen LogP contribution in [0.5, 0.6) is 11.5 Å². The first kappa shape index (κ1) is 12.7. The molecule has 0 aliphatic heterocycles. The molecule has 94 valence electrons. The molecule has 0 atom stereocenters. The monoisotopic (exact) mass is 299 g/mol. The number of hydrogen-bond donors (Lipinski definition) is 1. The molecule has 1 aromatic carbocycles. The smallest absolute Gasteiger partial charge is 0.166 e. The molecule has 0 saturated heterocycles. The van der Waals surface area contributed by atoms with Gasteiger partial charge in [0.05, 0.1) is 13.2 Å². The van der Waals surface area contributed by atoms with E-state index >= 15 is 0 Å². The molecular weight excluding hydrogens is 282 g/mol. The van der Waals surface area contributed by atoms with Gasteiger partial charge in [0.15, 0.2) is 11.5 Å². The highest BCUT2D eigenvalue weighted by atomic mass is 79.9. The zero-order chi connectivity index (χ0) is 12.6. The van der Waals surface area contributed by atoms with E-state index < -0.39 is 0 Å². The molecule has 0 radical (unpaired) electrons. The van der Waals surface area contributed by atoms with E-state index in [1.54, 1.807) is 7.11 Å². The quantitative estimate of drug-likeness (QED) is 0.928. The molecule has 0 bridgehead atoms. The fourth-order valence-electron chi connectivity index (χ4n) is 1.85. The van der Waals surface area contributed by atoms with Crippen molar-refractivity contribution in [2.75, 3.05) is 7.11 Å². The summed E-state index contributed by atoms with van der Waals surface area (Å²) in [6, 6.07) is 3.94. The molecule has 1 fully saturated rings. The maximum Gasteiger partial charge on any atom is 0.166 e. The van der Waals surface area contributed by atoms with Gasteiger partial charge in [-0.25, -0.2) is 0 Å². The number of hydrogen-bond acceptors (Lipinski definition) is 3. The van der Waals surface area contributed by atoms with Gasteiger partial charge < -0.3 is 15.2 Å². The molecule has 1 aliphatic carbocycles. The zero-order valence-electron chi connectivity index (χ0n) is 10.4. The maximum absolute atomic E-state index is 6.28. The highest BCUT2D eigenvalue weighted by Gasteiger charge is 2.43. The first-order valence-electron chi connectivity index (χ1n) is 5.80. The average Bonchev–Trinajstić information content (AvgIpc) is 2.99. The second-order valence-corrected chi connectivity index (χ2v) is 5.72. The Bertz CT molecular complexity index is 428. The predicted molar refractivity (Wildman–Crippen MR) is 71.6 cm³/mol. The van der Waals surface area contributed by atoms with Gasteiger partial charge >= 0.3 is 0 Å². The molecule has 1 aliphatic rings. The normalized spacial score (nSPS) is 17.1. The molecule has 2 N–H and O–H groups in total. The van der Waals surface area contributed by atoms with Crippen molar-refractivity contribution in [3.05, 3.63) is 22.2 Å². The lowest BCUT2D eigenvalue weighted by Gasteiger charge is -2.21. The van der Waals surface area contributed by atoms with Gasteiger partial charge in [-0.1, -0.05) is 15.9 Å². The second-order valence-electron chi connectivity index (χ2n) is 4.81. The van der Waals surface area contributed by atoms with Crippen molar-refractivity contribution in [3.8, 4) is 11.5 Å². The fourth-order valence-corrected chi connectivity index (χ4v) is 2.29. The fraction of sp³-hybridized carbons (Fsp3) is 0.538. The SMILES string of the molecule is COc1cc(Br)cc(C2(N)CC2)c1OC(C)C. The number of methoxy groups -OCH3 is 1. The minimum Gasteiger partial charge on any atom is -0.493 e. The molecule has 0 amide bonds. The Balaban J connectivity index is 2.50. The Morgan fingerprint density at radius 3 is 2.47 bits per heavy atom. The van der Waals surface area contributed by atoms with E-state index in [9.17, 15) is 0 Å². The minimum absolute atomic E-state index is 0.103. The molecule has 0 aromatic heterocycles. The lowest BCUT2D eigenvalue weighted by Crippen LogP contribution is -2.21. The van der Waals surface area contributed by atoms with E-state index in [4.69, 9.17) is 15.2 Å². The van der Waals surface area contributed by atoms with Crippen molar-refractivity contribution in [3.63, 3.8) is 0 Å². The summed E-state index contributed by atoms with van der Waals surface area (Å²) in [5.74, 6) is 1.52. The van der Waals surface area contributed by atoms with E-state index in [0.717, 1.165) is 34.4 Å². The first-order valence-corrected chi connectivity index (χ1v) is 6.59. The van der Waals surface area contributed by atoms with Crippen LogP contribution in [0.2, 0.25) is 0 Å². The molecule has 3 nitrogen and oxygen atoms in total. The summed E-state index contributed by atoms with van der Waals surface area (Å²) in [6.45, 7) is 4.00. The Labute approximate surface area is 110 Å². The van der Waals surface area contributed by atoms with Crippen LogP contribution in [0.1, 0.15) is 32.3 Å². The lowest BCUT2D eigenvalue weighted by atomic mass is 10.0. The summed E-state index contributed by atoms with van der Waals surface area (Å²) in [6.07, 6.45) is 2.11. The van der Waals surface area contributed by atoms with Crippen LogP contribution < -0.4 is 15.2 Å². The summed E-state index contributed by atoms with van der Waals surface area (Å²) in [5.41, 5.74) is 7.08. The molecule has 1 aromatic rings. The molecule has 4 heteroatoms. The van der Waals surface area contributed by atoms with Gasteiger partial charge in [-0.15, -0.1) is 0 Å². The van der Waals surface area contributed by atoms with Crippen LogP contribution in [0.15, 0.2) is 16.6 Å². The Morgan fingerprint density at radius 1 is 1.35 bits per heavy atom. The Hall–Kier alpha value is -0.740. The lowest BCUT2D eigenvalue weighted by molar-refractivity contribution is 0.226. The summed E-state index contributed by atoms with van der Waals surface area (Å²) in [4.78, 5) is 0. The van der Waals surface area contributed by atoms with Crippen LogP contribution in [0, 0.1) is 0 Å². The van der Waals surface area contributed by atoms with Gasteiger partial charge in [-0.2, -0.15) is 0 Å². The van der Waals surface area contributed by atoms with Crippen LogP contribution in [0.3, 0.4) is 0 Å². The van der Waals surface area contributed by atoms with Crippen molar-refractivity contribution in [1.29, 1.82) is 0 Å². The summed E-state index contributed by atoms with van der Waals surface area (Å²) in [5, 5.41) is 0. The van der Waals surface area contributed by atoms with Crippen molar-refractivity contribution in [2.45, 2.75) is 38.3 Å². The van der Waals surface area contributed by atoms with E-state index in [2.05, 4.69) is 15.9 Å². The molecule has 0 unspecified atom stereocenters. The maximum atomic E-state index is 6.28. The third-order valence-corrected chi connectivity index (χ3v) is 3.38. The van der Waals surface area contributed by atoms with Crippen LogP contribution in [0.4, 0.5) is 0 Å². The number of benzene rings is 1. The Kier molecular flexibility index (Phi) is 3.36. The topological polar surface area (TPSA) is 44.5 Å². The van der Waals surface area contributed by atoms with Gasteiger partial charge in [0.2, 0.25) is 0 Å². The standard InChI is InChI=1S/C13H18BrNO2/c1-8(2)17-12-10(13(15)4-5-13)6-9(14)7-11(12)16-3/h6-8H,4-5,15H2,1-3H3. The van der Waals surface area contributed by atoms with Gasteiger partial charge in [-0.3, -0.25) is 0 Å². The van der Waals surface area contributed by atoms with Gasteiger partial charge in [0.1, 0.15) is 0 Å². The largest absolute Gasteiger partial charge is 0.493 e. The highest BCUT2D eigenvalue weighted by molar-refractivity contribution is 9.10. The Morgan fingerprint density at radius 2 is 2.00 bits per heavy atom. The summed E-state index contributed by atoms with van der Waals surface area (Å²) in [7, 11) is 1.65. The van der Waals surface area contributed by atoms with Gasteiger partial charge in [0, 0.05) is 15.6 Å². The van der Waals surface area contributed by atoms with Crippen molar-refractivity contribution in [2.24, 2.45) is 5.73 Å².